The first-order chi connectivity index (χ1) is 10.3. The van der Waals surface area contributed by atoms with Crippen LogP contribution in [0.15, 0.2) is 35.2 Å². The van der Waals surface area contributed by atoms with Crippen molar-refractivity contribution >= 4 is 27.3 Å². The Morgan fingerprint density at radius 1 is 1.23 bits per heavy atom. The number of hydrogen-bond acceptors (Lipinski definition) is 4. The molecular weight excluding hydrogens is 322 g/mol. The number of nitrogens with one attached hydrogen (secondary N) is 1. The quantitative estimate of drug-likeness (QED) is 0.848. The third-order valence-electron chi connectivity index (χ3n) is 3.25. The molecule has 0 aliphatic heterocycles. The average molecular weight is 339 g/mol. The molecule has 0 saturated carbocycles. The van der Waals surface area contributed by atoms with E-state index in [0.717, 1.165) is 11.3 Å². The van der Waals surface area contributed by atoms with Crippen LogP contribution in [0, 0.1) is 6.92 Å². The molecular formula is C15H17NO4S2. The van der Waals surface area contributed by atoms with Gasteiger partial charge in [-0.2, -0.15) is 0 Å². The Kier molecular flexibility index (Phi) is 5.00. The number of benzene rings is 1. The molecule has 2 rings (SSSR count). The van der Waals surface area contributed by atoms with Crippen LogP contribution in [0.5, 0.6) is 0 Å². The Balaban J connectivity index is 2.19. The lowest BCUT2D eigenvalue weighted by Crippen LogP contribution is -2.23. The van der Waals surface area contributed by atoms with Crippen LogP contribution in [-0.4, -0.2) is 19.5 Å². The van der Waals surface area contributed by atoms with E-state index in [9.17, 15) is 13.2 Å². The van der Waals surface area contributed by atoms with Crippen molar-refractivity contribution in [1.29, 1.82) is 0 Å². The second kappa shape index (κ2) is 6.60. The molecule has 1 aromatic carbocycles. The SMILES string of the molecule is CCc1ccc(CNS(=O)(=O)c2ccc(C)c(C(=O)O)c2)s1. The highest BCUT2D eigenvalue weighted by Crippen LogP contribution is 2.19. The van der Waals surface area contributed by atoms with Crippen molar-refractivity contribution in [2.45, 2.75) is 31.7 Å². The first-order valence-electron chi connectivity index (χ1n) is 6.74. The maximum atomic E-state index is 12.3. The van der Waals surface area contributed by atoms with Gasteiger partial charge in [-0.25, -0.2) is 17.9 Å². The summed E-state index contributed by atoms with van der Waals surface area (Å²) < 4.78 is 27.0. The fourth-order valence-corrected chi connectivity index (χ4v) is 3.98. The van der Waals surface area contributed by atoms with Crippen molar-refractivity contribution in [1.82, 2.24) is 4.72 Å². The van der Waals surface area contributed by atoms with Gasteiger partial charge in [-0.05, 0) is 43.2 Å². The minimum atomic E-state index is -3.74. The summed E-state index contributed by atoms with van der Waals surface area (Å²) in [6, 6.07) is 7.97. The van der Waals surface area contributed by atoms with E-state index in [2.05, 4.69) is 4.72 Å². The molecule has 0 fully saturated rings. The highest BCUT2D eigenvalue weighted by molar-refractivity contribution is 7.89. The van der Waals surface area contributed by atoms with Crippen LogP contribution in [0.3, 0.4) is 0 Å². The van der Waals surface area contributed by atoms with Gasteiger partial charge in [-0.15, -0.1) is 11.3 Å². The minimum Gasteiger partial charge on any atom is -0.478 e. The third kappa shape index (κ3) is 3.73. The summed E-state index contributed by atoms with van der Waals surface area (Å²) in [6.45, 7) is 3.87. The number of aromatic carboxylic acids is 1. The van der Waals surface area contributed by atoms with Gasteiger partial charge < -0.3 is 5.11 Å². The van der Waals surface area contributed by atoms with Crippen molar-refractivity contribution in [3.8, 4) is 0 Å². The van der Waals surface area contributed by atoms with Crippen LogP contribution in [-0.2, 0) is 23.0 Å². The molecule has 0 bridgehead atoms. The Hall–Kier alpha value is -1.70. The normalized spacial score (nSPS) is 11.5. The monoisotopic (exact) mass is 339 g/mol. The van der Waals surface area contributed by atoms with Gasteiger partial charge in [0.2, 0.25) is 10.0 Å². The van der Waals surface area contributed by atoms with E-state index in [4.69, 9.17) is 5.11 Å². The van der Waals surface area contributed by atoms with Crippen molar-refractivity contribution in [2.24, 2.45) is 0 Å². The van der Waals surface area contributed by atoms with E-state index >= 15 is 0 Å². The number of sulfonamides is 1. The predicted molar refractivity (Wildman–Crippen MR) is 85.9 cm³/mol. The lowest BCUT2D eigenvalue weighted by atomic mass is 10.1. The molecule has 0 amide bonds. The number of hydrogen-bond donors (Lipinski definition) is 2. The van der Waals surface area contributed by atoms with Crippen molar-refractivity contribution in [3.05, 3.63) is 51.2 Å². The van der Waals surface area contributed by atoms with Crippen molar-refractivity contribution in [2.75, 3.05) is 0 Å². The molecule has 22 heavy (non-hydrogen) atoms. The summed E-state index contributed by atoms with van der Waals surface area (Å²) in [7, 11) is -3.74. The molecule has 2 aromatic rings. The van der Waals surface area contributed by atoms with E-state index in [1.807, 2.05) is 19.1 Å². The van der Waals surface area contributed by atoms with E-state index in [0.29, 0.717) is 5.56 Å². The molecule has 0 radical (unpaired) electrons. The minimum absolute atomic E-state index is 0.00716. The first-order valence-corrected chi connectivity index (χ1v) is 9.04. The summed E-state index contributed by atoms with van der Waals surface area (Å²) in [6.07, 6.45) is 0.914. The van der Waals surface area contributed by atoms with Gasteiger partial charge >= 0.3 is 5.97 Å². The third-order valence-corrected chi connectivity index (χ3v) is 5.88. The number of rotatable bonds is 6. The maximum Gasteiger partial charge on any atom is 0.335 e. The Morgan fingerprint density at radius 3 is 2.50 bits per heavy atom. The van der Waals surface area contributed by atoms with Gasteiger partial charge in [0.1, 0.15) is 0 Å². The number of carboxylic acid groups (broad SMARTS) is 1. The Morgan fingerprint density at radius 2 is 1.91 bits per heavy atom. The first kappa shape index (κ1) is 16.7. The molecule has 118 valence electrons. The number of carbonyl (C=O) groups is 1. The molecule has 0 atom stereocenters. The van der Waals surface area contributed by atoms with Crippen LogP contribution in [0.2, 0.25) is 0 Å². The molecule has 7 heteroatoms. The summed E-state index contributed by atoms with van der Waals surface area (Å²) in [5.41, 5.74) is 0.518. The Bertz CT molecular complexity index is 794. The highest BCUT2D eigenvalue weighted by Gasteiger charge is 2.17. The van der Waals surface area contributed by atoms with Gasteiger partial charge in [0, 0.05) is 16.3 Å². The second-order valence-electron chi connectivity index (χ2n) is 4.83. The van der Waals surface area contributed by atoms with Gasteiger partial charge in [-0.1, -0.05) is 13.0 Å². The summed E-state index contributed by atoms with van der Waals surface area (Å²) in [5, 5.41) is 9.08. The average Bonchev–Trinajstić information content (AvgIpc) is 2.93. The largest absolute Gasteiger partial charge is 0.478 e. The van der Waals surface area contributed by atoms with Crippen LogP contribution >= 0.6 is 11.3 Å². The molecule has 1 aromatic heterocycles. The van der Waals surface area contributed by atoms with Gasteiger partial charge in [0.15, 0.2) is 0 Å². The molecule has 0 saturated heterocycles. The van der Waals surface area contributed by atoms with Crippen LogP contribution in [0.25, 0.3) is 0 Å². The number of thiophene rings is 1. The molecule has 0 aliphatic carbocycles. The molecule has 1 heterocycles. The predicted octanol–water partition coefficient (Wildman–Crippen LogP) is 2.80. The molecule has 0 spiro atoms. The van der Waals surface area contributed by atoms with E-state index in [-0.39, 0.29) is 17.0 Å². The highest BCUT2D eigenvalue weighted by atomic mass is 32.2. The van der Waals surface area contributed by atoms with E-state index < -0.39 is 16.0 Å². The fraction of sp³-hybridized carbons (Fsp3) is 0.267. The molecule has 5 nitrogen and oxygen atoms in total. The molecule has 0 unspecified atom stereocenters. The Labute approximate surface area is 133 Å². The maximum absolute atomic E-state index is 12.3. The van der Waals surface area contributed by atoms with Gasteiger partial charge in [-0.3, -0.25) is 0 Å². The second-order valence-corrected chi connectivity index (χ2v) is 7.85. The smallest absolute Gasteiger partial charge is 0.335 e. The molecule has 0 aliphatic rings. The zero-order chi connectivity index (χ0) is 16.3. The van der Waals surface area contributed by atoms with Crippen molar-refractivity contribution in [3.63, 3.8) is 0 Å². The van der Waals surface area contributed by atoms with Crippen molar-refractivity contribution < 1.29 is 18.3 Å². The molecule has 2 N–H and O–H groups in total. The summed E-state index contributed by atoms with van der Waals surface area (Å²) >= 11 is 1.56. The zero-order valence-electron chi connectivity index (χ0n) is 12.3. The van der Waals surface area contributed by atoms with Crippen LogP contribution in [0.4, 0.5) is 0 Å². The lowest BCUT2D eigenvalue weighted by molar-refractivity contribution is 0.0696. The van der Waals surface area contributed by atoms with Crippen LogP contribution < -0.4 is 4.72 Å². The zero-order valence-corrected chi connectivity index (χ0v) is 13.9. The van der Waals surface area contributed by atoms with Crippen LogP contribution in [0.1, 0.15) is 32.6 Å². The fourth-order valence-electron chi connectivity index (χ4n) is 1.96. The van der Waals surface area contributed by atoms with Gasteiger partial charge in [0.25, 0.3) is 0 Å². The summed E-state index contributed by atoms with van der Waals surface area (Å²) in [4.78, 5) is 13.2. The van der Waals surface area contributed by atoms with Gasteiger partial charge in [0.05, 0.1) is 10.5 Å². The van der Waals surface area contributed by atoms with E-state index in [1.54, 1.807) is 18.3 Å². The summed E-state index contributed by atoms with van der Waals surface area (Å²) in [5.74, 6) is -1.14. The topological polar surface area (TPSA) is 83.5 Å². The number of aryl methyl sites for hydroxylation is 2. The lowest BCUT2D eigenvalue weighted by Gasteiger charge is -2.08. The van der Waals surface area contributed by atoms with E-state index in [1.165, 1.54) is 23.1 Å². The number of carboxylic acids is 1. The standard InChI is InChI=1S/C15H17NO4S2/c1-3-11-5-6-12(21-11)9-16-22(19,20)13-7-4-10(2)14(8-13)15(17)18/h4-8,16H,3,9H2,1-2H3,(H,17,18).